The first kappa shape index (κ1) is 15.3. The number of hydrogen-bond donors (Lipinski definition) is 0. The Hall–Kier alpha value is -2.27. The number of hydrogen-bond acceptors (Lipinski definition) is 4. The maximum absolute atomic E-state index is 12.6. The molecule has 24 heavy (non-hydrogen) atoms. The van der Waals surface area contributed by atoms with Crippen LogP contribution in [0.3, 0.4) is 0 Å². The van der Waals surface area contributed by atoms with Crippen molar-refractivity contribution in [2.24, 2.45) is 0 Å². The first-order valence-corrected chi connectivity index (χ1v) is 8.55. The minimum atomic E-state index is 0.100. The number of halogens is 1. The molecule has 1 aliphatic carbocycles. The maximum atomic E-state index is 12.6. The van der Waals surface area contributed by atoms with Crippen LogP contribution in [0.1, 0.15) is 53.1 Å². The molecule has 1 atom stereocenters. The van der Waals surface area contributed by atoms with Crippen molar-refractivity contribution in [3.05, 3.63) is 58.1 Å². The Morgan fingerprint density at radius 2 is 2.17 bits per heavy atom. The van der Waals surface area contributed by atoms with Crippen LogP contribution < -0.4 is 0 Å². The quantitative estimate of drug-likeness (QED) is 0.730. The van der Waals surface area contributed by atoms with E-state index in [4.69, 9.17) is 11.6 Å². The van der Waals surface area contributed by atoms with Crippen LogP contribution in [0.5, 0.6) is 0 Å². The molecule has 0 amide bonds. The highest BCUT2D eigenvalue weighted by Crippen LogP contribution is 2.32. The van der Waals surface area contributed by atoms with E-state index in [-0.39, 0.29) is 11.7 Å². The minimum Gasteiger partial charge on any atom is -0.294 e. The number of aromatic nitrogens is 4. The lowest BCUT2D eigenvalue weighted by Crippen LogP contribution is -2.21. The smallest absolute Gasteiger partial charge is 0.252 e. The summed E-state index contributed by atoms with van der Waals surface area (Å²) >= 11 is 6.09. The highest BCUT2D eigenvalue weighted by molar-refractivity contribution is 6.30. The van der Waals surface area contributed by atoms with E-state index in [1.54, 1.807) is 10.7 Å². The molecule has 1 aliphatic rings. The van der Waals surface area contributed by atoms with Crippen molar-refractivity contribution in [3.63, 3.8) is 0 Å². The number of rotatable bonds is 3. The van der Waals surface area contributed by atoms with Crippen LogP contribution in [0, 0.1) is 0 Å². The van der Waals surface area contributed by atoms with Crippen LogP contribution in [0.15, 0.2) is 30.5 Å². The van der Waals surface area contributed by atoms with Gasteiger partial charge in [0.15, 0.2) is 11.6 Å². The monoisotopic (exact) mass is 340 g/mol. The number of nitrogens with zero attached hydrogens (tertiary/aromatic N) is 4. The Labute approximate surface area is 144 Å². The van der Waals surface area contributed by atoms with E-state index >= 15 is 0 Å². The van der Waals surface area contributed by atoms with E-state index in [1.807, 2.05) is 24.3 Å². The molecule has 4 rings (SSSR count). The van der Waals surface area contributed by atoms with Gasteiger partial charge in [0.2, 0.25) is 0 Å². The SMILES string of the molecule is CCCc1nc2nc3c(cn2n1)C(=O)CC(c1cccc(Cl)c1)C3. The zero-order chi connectivity index (χ0) is 16.7. The van der Waals surface area contributed by atoms with E-state index in [9.17, 15) is 4.79 Å². The van der Waals surface area contributed by atoms with Crippen LogP contribution in [-0.4, -0.2) is 25.4 Å². The van der Waals surface area contributed by atoms with Gasteiger partial charge in [-0.25, -0.2) is 9.50 Å². The summed E-state index contributed by atoms with van der Waals surface area (Å²) in [5.41, 5.74) is 2.55. The van der Waals surface area contributed by atoms with Crippen molar-refractivity contribution in [1.82, 2.24) is 19.6 Å². The van der Waals surface area contributed by atoms with Crippen molar-refractivity contribution < 1.29 is 4.79 Å². The summed E-state index contributed by atoms with van der Waals surface area (Å²) in [6.45, 7) is 2.09. The molecule has 0 saturated carbocycles. The summed E-state index contributed by atoms with van der Waals surface area (Å²) in [6.07, 6.45) is 4.75. The van der Waals surface area contributed by atoms with Crippen molar-refractivity contribution in [1.29, 1.82) is 0 Å². The van der Waals surface area contributed by atoms with Gasteiger partial charge in [-0.1, -0.05) is 30.7 Å². The fourth-order valence-electron chi connectivity index (χ4n) is 3.25. The van der Waals surface area contributed by atoms with Gasteiger partial charge in [0, 0.05) is 24.1 Å². The van der Waals surface area contributed by atoms with Crippen molar-refractivity contribution in [2.45, 2.75) is 38.5 Å². The third-order valence-electron chi connectivity index (χ3n) is 4.42. The number of Topliss-reactive ketones (excluding diaryl/α,β-unsaturated/α-hetero) is 1. The van der Waals surface area contributed by atoms with Gasteiger partial charge in [-0.3, -0.25) is 4.79 Å². The van der Waals surface area contributed by atoms with Crippen molar-refractivity contribution in [2.75, 3.05) is 0 Å². The average molecular weight is 341 g/mol. The molecule has 1 unspecified atom stereocenters. The Morgan fingerprint density at radius 1 is 1.29 bits per heavy atom. The minimum absolute atomic E-state index is 0.100. The van der Waals surface area contributed by atoms with Gasteiger partial charge in [-0.05, 0) is 36.5 Å². The van der Waals surface area contributed by atoms with Gasteiger partial charge in [0.05, 0.1) is 11.3 Å². The Bertz CT molecular complexity index is 934. The lowest BCUT2D eigenvalue weighted by atomic mass is 9.82. The van der Waals surface area contributed by atoms with E-state index in [0.29, 0.717) is 29.2 Å². The third-order valence-corrected chi connectivity index (χ3v) is 4.66. The molecule has 5 nitrogen and oxygen atoms in total. The second-order valence-corrected chi connectivity index (χ2v) is 6.64. The first-order chi connectivity index (χ1) is 11.6. The van der Waals surface area contributed by atoms with Crippen LogP contribution in [0.2, 0.25) is 5.02 Å². The second kappa shape index (κ2) is 5.98. The highest BCUT2D eigenvalue weighted by Gasteiger charge is 2.28. The van der Waals surface area contributed by atoms with E-state index < -0.39 is 0 Å². The van der Waals surface area contributed by atoms with Crippen LogP contribution in [0.4, 0.5) is 0 Å². The number of benzene rings is 1. The number of carbonyl (C=O) groups excluding carboxylic acids is 1. The first-order valence-electron chi connectivity index (χ1n) is 8.18. The fraction of sp³-hybridized carbons (Fsp3) is 0.333. The Morgan fingerprint density at radius 3 is 2.96 bits per heavy atom. The van der Waals surface area contributed by atoms with Crippen molar-refractivity contribution in [3.8, 4) is 0 Å². The molecule has 1 aromatic carbocycles. The lowest BCUT2D eigenvalue weighted by molar-refractivity contribution is 0.0962. The largest absolute Gasteiger partial charge is 0.294 e. The summed E-state index contributed by atoms with van der Waals surface area (Å²) in [7, 11) is 0. The summed E-state index contributed by atoms with van der Waals surface area (Å²) in [5, 5.41) is 5.10. The average Bonchev–Trinajstić information content (AvgIpc) is 2.94. The molecule has 2 aromatic heterocycles. The normalized spacial score (nSPS) is 17.2. The lowest BCUT2D eigenvalue weighted by Gasteiger charge is -2.23. The third kappa shape index (κ3) is 2.69. The number of aryl methyl sites for hydroxylation is 1. The molecule has 0 N–H and O–H groups in total. The fourth-order valence-corrected chi connectivity index (χ4v) is 3.45. The standard InChI is InChI=1S/C18H17ClN4O/c1-2-4-17-21-18-20-15-8-12(11-5-3-6-13(19)7-11)9-16(24)14(15)10-23(18)22-17/h3,5-7,10,12H,2,4,8-9H2,1H3. The number of fused-ring (bicyclic) bond motifs is 2. The van der Waals surface area contributed by atoms with Crippen LogP contribution in [-0.2, 0) is 12.8 Å². The Kier molecular flexibility index (Phi) is 3.81. The van der Waals surface area contributed by atoms with Gasteiger partial charge in [0.1, 0.15) is 0 Å². The molecular weight excluding hydrogens is 324 g/mol. The molecule has 6 heteroatoms. The summed E-state index contributed by atoms with van der Waals surface area (Å²) in [6, 6.07) is 7.71. The maximum Gasteiger partial charge on any atom is 0.252 e. The molecule has 0 aliphatic heterocycles. The molecule has 0 radical (unpaired) electrons. The molecule has 3 aromatic rings. The topological polar surface area (TPSA) is 60.1 Å². The van der Waals surface area contributed by atoms with E-state index in [2.05, 4.69) is 22.0 Å². The van der Waals surface area contributed by atoms with E-state index in [0.717, 1.165) is 29.9 Å². The van der Waals surface area contributed by atoms with Gasteiger partial charge in [-0.2, -0.15) is 4.98 Å². The van der Waals surface area contributed by atoms with Gasteiger partial charge in [0.25, 0.3) is 5.78 Å². The number of carbonyl (C=O) groups is 1. The Balaban J connectivity index is 1.73. The predicted molar refractivity (Wildman–Crippen MR) is 91.6 cm³/mol. The summed E-state index contributed by atoms with van der Waals surface area (Å²) in [4.78, 5) is 21.7. The molecule has 0 bridgehead atoms. The van der Waals surface area contributed by atoms with Crippen LogP contribution in [0.25, 0.3) is 5.78 Å². The molecule has 0 fully saturated rings. The summed E-state index contributed by atoms with van der Waals surface area (Å²) in [5.74, 6) is 1.54. The summed E-state index contributed by atoms with van der Waals surface area (Å²) < 4.78 is 1.63. The van der Waals surface area contributed by atoms with E-state index in [1.165, 1.54) is 0 Å². The van der Waals surface area contributed by atoms with Gasteiger partial charge >= 0.3 is 0 Å². The van der Waals surface area contributed by atoms with Gasteiger partial charge in [-0.15, -0.1) is 5.10 Å². The highest BCUT2D eigenvalue weighted by atomic mass is 35.5. The zero-order valence-electron chi connectivity index (χ0n) is 13.4. The molecule has 0 saturated heterocycles. The van der Waals surface area contributed by atoms with Crippen molar-refractivity contribution >= 4 is 23.2 Å². The molecular formula is C18H17ClN4O. The molecule has 2 heterocycles. The molecule has 122 valence electrons. The van der Waals surface area contributed by atoms with Gasteiger partial charge < -0.3 is 0 Å². The zero-order valence-corrected chi connectivity index (χ0v) is 14.1. The number of ketones is 1. The second-order valence-electron chi connectivity index (χ2n) is 6.21. The predicted octanol–water partition coefficient (Wildman–Crippen LogP) is 3.64. The van der Waals surface area contributed by atoms with Crippen LogP contribution >= 0.6 is 11.6 Å². The molecule has 0 spiro atoms.